The highest BCUT2D eigenvalue weighted by atomic mass is 16.6. The molecule has 1 aromatic carbocycles. The number of hydrogen-bond acceptors (Lipinski definition) is 7. The van der Waals surface area contributed by atoms with E-state index in [1.165, 1.54) is 0 Å². The third-order valence-electron chi connectivity index (χ3n) is 4.61. The van der Waals surface area contributed by atoms with Gasteiger partial charge in [0.2, 0.25) is 0 Å². The number of carbonyl (C=O) groups is 2. The standard InChI is InChI=1S/C23H30N6O3/c1-23(2,3)32-22(31)18(24)15-27-21(30)16-8-9-19-17(13-16)14-28-29(19)12-6-11-26-20-7-4-5-10-25-20/h4-5,7-10,13-14,18H,6,11-12,15,24H2,1-3H3,(H,25,26)(H,27,30)/t18-/m0/s1. The normalized spacial score (nSPS) is 12.4. The van der Waals surface area contributed by atoms with E-state index in [0.717, 1.165) is 36.2 Å². The number of aryl methyl sites for hydroxylation is 1. The quantitative estimate of drug-likeness (QED) is 0.346. The van der Waals surface area contributed by atoms with Gasteiger partial charge in [0.1, 0.15) is 17.5 Å². The summed E-state index contributed by atoms with van der Waals surface area (Å²) in [6, 6.07) is 10.2. The number of rotatable bonds is 9. The number of anilines is 1. The second kappa shape index (κ2) is 10.2. The van der Waals surface area contributed by atoms with Gasteiger partial charge in [-0.1, -0.05) is 6.07 Å². The number of esters is 1. The van der Waals surface area contributed by atoms with Crippen LogP contribution in [0.4, 0.5) is 5.82 Å². The van der Waals surface area contributed by atoms with Gasteiger partial charge >= 0.3 is 5.97 Å². The SMILES string of the molecule is CC(C)(C)OC(=O)[C@@H](N)CNC(=O)c1ccc2c(cnn2CCCNc2ccccn2)c1. The van der Waals surface area contributed by atoms with Gasteiger partial charge in [-0.25, -0.2) is 4.98 Å². The lowest BCUT2D eigenvalue weighted by Gasteiger charge is -2.22. The topological polar surface area (TPSA) is 124 Å². The Kier molecular flexibility index (Phi) is 7.42. The van der Waals surface area contributed by atoms with Crippen LogP contribution in [0.15, 0.2) is 48.8 Å². The Morgan fingerprint density at radius 3 is 2.75 bits per heavy atom. The van der Waals surface area contributed by atoms with E-state index in [0.29, 0.717) is 5.56 Å². The zero-order chi connectivity index (χ0) is 23.1. The lowest BCUT2D eigenvalue weighted by atomic mass is 10.1. The van der Waals surface area contributed by atoms with Crippen LogP contribution in [0, 0.1) is 0 Å². The number of benzene rings is 1. The molecule has 0 fully saturated rings. The summed E-state index contributed by atoms with van der Waals surface area (Å²) < 4.78 is 7.14. The van der Waals surface area contributed by atoms with Crippen LogP contribution >= 0.6 is 0 Å². The second-order valence-electron chi connectivity index (χ2n) is 8.49. The van der Waals surface area contributed by atoms with Crippen LogP contribution < -0.4 is 16.4 Å². The van der Waals surface area contributed by atoms with Crippen molar-refractivity contribution in [3.63, 3.8) is 0 Å². The Balaban J connectivity index is 1.52. The van der Waals surface area contributed by atoms with Crippen LogP contribution in [-0.2, 0) is 16.1 Å². The molecule has 1 amide bonds. The number of ether oxygens (including phenoxy) is 1. The maximum Gasteiger partial charge on any atom is 0.325 e. The number of amides is 1. The number of hydrogen-bond donors (Lipinski definition) is 3. The maximum atomic E-state index is 12.5. The van der Waals surface area contributed by atoms with E-state index >= 15 is 0 Å². The molecule has 0 saturated heterocycles. The summed E-state index contributed by atoms with van der Waals surface area (Å²) in [6.45, 7) is 6.80. The van der Waals surface area contributed by atoms with Gasteiger partial charge in [-0.2, -0.15) is 5.10 Å². The Morgan fingerprint density at radius 1 is 1.22 bits per heavy atom. The van der Waals surface area contributed by atoms with Crippen molar-refractivity contribution in [1.82, 2.24) is 20.1 Å². The van der Waals surface area contributed by atoms with Crippen molar-refractivity contribution < 1.29 is 14.3 Å². The first-order valence-corrected chi connectivity index (χ1v) is 10.6. The van der Waals surface area contributed by atoms with Gasteiger partial charge in [-0.15, -0.1) is 0 Å². The fraction of sp³-hybridized carbons (Fsp3) is 0.391. The highest BCUT2D eigenvalue weighted by Gasteiger charge is 2.22. The first-order chi connectivity index (χ1) is 15.2. The average Bonchev–Trinajstić information content (AvgIpc) is 3.16. The molecule has 0 unspecified atom stereocenters. The molecule has 32 heavy (non-hydrogen) atoms. The van der Waals surface area contributed by atoms with Gasteiger partial charge in [0.25, 0.3) is 5.91 Å². The highest BCUT2D eigenvalue weighted by Crippen LogP contribution is 2.16. The van der Waals surface area contributed by atoms with E-state index in [4.69, 9.17) is 10.5 Å². The predicted molar refractivity (Wildman–Crippen MR) is 123 cm³/mol. The highest BCUT2D eigenvalue weighted by molar-refractivity contribution is 5.98. The Bertz CT molecular complexity index is 1060. The molecule has 2 heterocycles. The number of pyridine rings is 1. The molecule has 9 heteroatoms. The van der Waals surface area contributed by atoms with E-state index in [-0.39, 0.29) is 12.5 Å². The van der Waals surface area contributed by atoms with Crippen LogP contribution in [0.1, 0.15) is 37.6 Å². The minimum absolute atomic E-state index is 0.00564. The molecule has 0 aliphatic heterocycles. The van der Waals surface area contributed by atoms with Crippen LogP contribution in [0.3, 0.4) is 0 Å². The summed E-state index contributed by atoms with van der Waals surface area (Å²) in [5, 5.41) is 11.3. The van der Waals surface area contributed by atoms with Crippen molar-refractivity contribution in [3.05, 3.63) is 54.4 Å². The Morgan fingerprint density at radius 2 is 2.03 bits per heavy atom. The van der Waals surface area contributed by atoms with E-state index in [2.05, 4.69) is 20.7 Å². The number of aromatic nitrogens is 3. The molecule has 0 radical (unpaired) electrons. The molecule has 0 bridgehead atoms. The van der Waals surface area contributed by atoms with Crippen LogP contribution in [0.5, 0.6) is 0 Å². The smallest absolute Gasteiger partial charge is 0.325 e. The van der Waals surface area contributed by atoms with Gasteiger partial charge in [0.15, 0.2) is 0 Å². The molecular formula is C23H30N6O3. The van der Waals surface area contributed by atoms with Crippen molar-refractivity contribution >= 4 is 28.6 Å². The first-order valence-electron chi connectivity index (χ1n) is 10.6. The predicted octanol–water partition coefficient (Wildman–Crippen LogP) is 2.33. The molecular weight excluding hydrogens is 408 g/mol. The molecule has 0 saturated carbocycles. The number of nitrogens with zero attached hydrogens (tertiary/aromatic N) is 3. The second-order valence-corrected chi connectivity index (χ2v) is 8.49. The van der Waals surface area contributed by atoms with Crippen molar-refractivity contribution in [2.24, 2.45) is 5.73 Å². The summed E-state index contributed by atoms with van der Waals surface area (Å²) >= 11 is 0. The van der Waals surface area contributed by atoms with Gasteiger partial charge < -0.3 is 21.1 Å². The van der Waals surface area contributed by atoms with Crippen LogP contribution in [0.2, 0.25) is 0 Å². The lowest BCUT2D eigenvalue weighted by molar-refractivity contribution is -0.156. The number of nitrogens with two attached hydrogens (primary N) is 1. The van der Waals surface area contributed by atoms with Gasteiger partial charge in [0.05, 0.1) is 11.7 Å². The monoisotopic (exact) mass is 438 g/mol. The van der Waals surface area contributed by atoms with E-state index < -0.39 is 17.6 Å². The summed E-state index contributed by atoms with van der Waals surface area (Å²) in [5.41, 5.74) is 6.63. The molecule has 9 nitrogen and oxygen atoms in total. The minimum Gasteiger partial charge on any atom is -0.459 e. The summed E-state index contributed by atoms with van der Waals surface area (Å²) in [4.78, 5) is 28.7. The molecule has 3 aromatic rings. The Labute approximate surface area is 187 Å². The molecule has 0 aliphatic rings. The number of carbonyl (C=O) groups excluding carboxylic acids is 2. The van der Waals surface area contributed by atoms with E-state index in [9.17, 15) is 9.59 Å². The van der Waals surface area contributed by atoms with Crippen molar-refractivity contribution in [1.29, 1.82) is 0 Å². The third-order valence-corrected chi connectivity index (χ3v) is 4.61. The first kappa shape index (κ1) is 23.2. The van der Waals surface area contributed by atoms with Gasteiger partial charge in [0, 0.05) is 36.8 Å². The largest absolute Gasteiger partial charge is 0.459 e. The number of fused-ring (bicyclic) bond motifs is 1. The molecule has 1 atom stereocenters. The fourth-order valence-corrected chi connectivity index (χ4v) is 3.08. The Hall–Kier alpha value is -3.46. The zero-order valence-electron chi connectivity index (χ0n) is 18.7. The van der Waals surface area contributed by atoms with Crippen LogP contribution in [0.25, 0.3) is 10.9 Å². The molecule has 0 aliphatic carbocycles. The summed E-state index contributed by atoms with van der Waals surface area (Å²) in [6.07, 6.45) is 4.37. The van der Waals surface area contributed by atoms with Crippen molar-refractivity contribution in [2.45, 2.75) is 45.4 Å². The molecule has 4 N–H and O–H groups in total. The molecule has 0 spiro atoms. The molecule has 2 aromatic heterocycles. The van der Waals surface area contributed by atoms with Gasteiger partial charge in [-0.05, 0) is 57.5 Å². The van der Waals surface area contributed by atoms with E-state index in [1.807, 2.05) is 28.9 Å². The molecule has 170 valence electrons. The molecule has 3 rings (SSSR count). The van der Waals surface area contributed by atoms with Crippen LogP contribution in [-0.4, -0.2) is 51.4 Å². The van der Waals surface area contributed by atoms with E-state index in [1.54, 1.807) is 45.3 Å². The summed E-state index contributed by atoms with van der Waals surface area (Å²) in [7, 11) is 0. The maximum absolute atomic E-state index is 12.5. The minimum atomic E-state index is -0.927. The van der Waals surface area contributed by atoms with Gasteiger partial charge in [-0.3, -0.25) is 14.3 Å². The fourth-order valence-electron chi connectivity index (χ4n) is 3.08. The summed E-state index contributed by atoms with van der Waals surface area (Å²) in [5.74, 6) is -0.00912. The zero-order valence-corrected chi connectivity index (χ0v) is 18.7. The third kappa shape index (κ3) is 6.52. The average molecular weight is 439 g/mol. The number of nitrogens with one attached hydrogen (secondary N) is 2. The lowest BCUT2D eigenvalue weighted by Crippen LogP contribution is -2.45. The van der Waals surface area contributed by atoms with Crippen molar-refractivity contribution in [2.75, 3.05) is 18.4 Å². The van der Waals surface area contributed by atoms with Crippen molar-refractivity contribution in [3.8, 4) is 0 Å².